The van der Waals surface area contributed by atoms with Crippen LogP contribution in [0.25, 0.3) is 0 Å². The fourth-order valence-corrected chi connectivity index (χ4v) is 2.52. The highest BCUT2D eigenvalue weighted by atomic mass is 32.2. The van der Waals surface area contributed by atoms with Gasteiger partial charge in [0.05, 0.1) is 11.0 Å². The maximum Gasteiger partial charge on any atom is 0.175 e. The Balaban J connectivity index is 2.11. The SMILES string of the molecule is CCC(O)c1ccc(Oc2ccc(S(C)(=O)=O)cc2)cc1. The van der Waals surface area contributed by atoms with E-state index in [1.807, 2.05) is 19.1 Å². The van der Waals surface area contributed by atoms with Crippen molar-refractivity contribution < 1.29 is 18.3 Å². The van der Waals surface area contributed by atoms with Crippen molar-refractivity contribution in [3.8, 4) is 11.5 Å². The van der Waals surface area contributed by atoms with Crippen LogP contribution < -0.4 is 4.74 Å². The maximum atomic E-state index is 11.4. The molecule has 0 amide bonds. The predicted molar refractivity (Wildman–Crippen MR) is 81.3 cm³/mol. The second kappa shape index (κ2) is 6.28. The Morgan fingerprint density at radius 3 is 1.90 bits per heavy atom. The fourth-order valence-electron chi connectivity index (χ4n) is 1.88. The van der Waals surface area contributed by atoms with Crippen LogP contribution in [0.3, 0.4) is 0 Å². The van der Waals surface area contributed by atoms with E-state index < -0.39 is 15.9 Å². The lowest BCUT2D eigenvalue weighted by atomic mass is 10.1. The molecule has 1 unspecified atom stereocenters. The van der Waals surface area contributed by atoms with Gasteiger partial charge in [0.15, 0.2) is 9.84 Å². The molecular weight excluding hydrogens is 288 g/mol. The summed E-state index contributed by atoms with van der Waals surface area (Å²) in [6, 6.07) is 13.4. The minimum Gasteiger partial charge on any atom is -0.457 e. The van der Waals surface area contributed by atoms with Gasteiger partial charge in [-0.1, -0.05) is 19.1 Å². The summed E-state index contributed by atoms with van der Waals surface area (Å²) in [5.74, 6) is 1.19. The highest BCUT2D eigenvalue weighted by Gasteiger charge is 2.07. The molecular formula is C16H18O4S. The van der Waals surface area contributed by atoms with E-state index in [1.54, 1.807) is 24.3 Å². The first-order chi connectivity index (χ1) is 9.90. The number of aliphatic hydroxyl groups excluding tert-OH is 1. The van der Waals surface area contributed by atoms with E-state index in [1.165, 1.54) is 18.4 Å². The smallest absolute Gasteiger partial charge is 0.175 e. The van der Waals surface area contributed by atoms with E-state index in [0.29, 0.717) is 17.9 Å². The minimum absolute atomic E-state index is 0.260. The van der Waals surface area contributed by atoms with Crippen molar-refractivity contribution in [2.24, 2.45) is 0 Å². The molecule has 0 aliphatic rings. The molecule has 0 saturated carbocycles. The molecule has 0 spiro atoms. The molecule has 0 aliphatic carbocycles. The molecule has 112 valence electrons. The van der Waals surface area contributed by atoms with Gasteiger partial charge in [-0.25, -0.2) is 8.42 Å². The van der Waals surface area contributed by atoms with Gasteiger partial charge in [-0.2, -0.15) is 0 Å². The molecule has 2 aromatic carbocycles. The van der Waals surface area contributed by atoms with Crippen molar-refractivity contribution in [2.75, 3.05) is 6.26 Å². The number of rotatable bonds is 5. The molecule has 0 aromatic heterocycles. The first-order valence-corrected chi connectivity index (χ1v) is 8.55. The van der Waals surface area contributed by atoms with Crippen molar-refractivity contribution in [3.05, 3.63) is 54.1 Å². The first kappa shape index (κ1) is 15.5. The molecule has 5 heteroatoms. The highest BCUT2D eigenvalue weighted by Crippen LogP contribution is 2.25. The normalized spacial score (nSPS) is 12.9. The lowest BCUT2D eigenvalue weighted by Crippen LogP contribution is -1.96. The lowest BCUT2D eigenvalue weighted by molar-refractivity contribution is 0.173. The van der Waals surface area contributed by atoms with Gasteiger partial charge in [-0.05, 0) is 48.4 Å². The Labute approximate surface area is 124 Å². The van der Waals surface area contributed by atoms with Gasteiger partial charge in [-0.15, -0.1) is 0 Å². The summed E-state index contributed by atoms with van der Waals surface area (Å²) in [6.45, 7) is 1.92. The quantitative estimate of drug-likeness (QED) is 0.920. The number of benzene rings is 2. The monoisotopic (exact) mass is 306 g/mol. The van der Waals surface area contributed by atoms with Crippen LogP contribution in [0.15, 0.2) is 53.4 Å². The molecule has 0 aliphatic heterocycles. The van der Waals surface area contributed by atoms with Crippen molar-refractivity contribution in [2.45, 2.75) is 24.3 Å². The third-order valence-electron chi connectivity index (χ3n) is 3.14. The van der Waals surface area contributed by atoms with Crippen LogP contribution in [0, 0.1) is 0 Å². The standard InChI is InChI=1S/C16H18O4S/c1-3-16(17)12-4-6-13(7-5-12)20-14-8-10-15(11-9-14)21(2,18)19/h4-11,16-17H,3H2,1-2H3. The third-order valence-corrected chi connectivity index (χ3v) is 4.27. The summed E-state index contributed by atoms with van der Waals surface area (Å²) in [4.78, 5) is 0.260. The summed E-state index contributed by atoms with van der Waals surface area (Å²) >= 11 is 0. The molecule has 4 nitrogen and oxygen atoms in total. The van der Waals surface area contributed by atoms with Crippen LogP contribution >= 0.6 is 0 Å². The van der Waals surface area contributed by atoms with Crippen molar-refractivity contribution >= 4 is 9.84 Å². The van der Waals surface area contributed by atoms with Crippen LogP contribution in [0.1, 0.15) is 25.0 Å². The van der Waals surface area contributed by atoms with Crippen molar-refractivity contribution in [1.29, 1.82) is 0 Å². The van der Waals surface area contributed by atoms with Gasteiger partial charge in [0, 0.05) is 6.26 Å². The van der Waals surface area contributed by atoms with Gasteiger partial charge < -0.3 is 9.84 Å². The predicted octanol–water partition coefficient (Wildman–Crippen LogP) is 3.33. The van der Waals surface area contributed by atoms with E-state index in [4.69, 9.17) is 4.74 Å². The summed E-state index contributed by atoms with van der Waals surface area (Å²) in [7, 11) is -3.19. The zero-order valence-corrected chi connectivity index (χ0v) is 12.8. The average molecular weight is 306 g/mol. The first-order valence-electron chi connectivity index (χ1n) is 6.66. The van der Waals surface area contributed by atoms with Crippen LogP contribution in [0.5, 0.6) is 11.5 Å². The molecule has 2 rings (SSSR count). The summed E-state index contributed by atoms with van der Waals surface area (Å²) in [5, 5.41) is 9.72. The molecule has 0 radical (unpaired) electrons. The molecule has 0 heterocycles. The van der Waals surface area contributed by atoms with Gasteiger partial charge in [0.2, 0.25) is 0 Å². The number of hydrogen-bond donors (Lipinski definition) is 1. The van der Waals surface area contributed by atoms with E-state index in [0.717, 1.165) is 5.56 Å². The largest absolute Gasteiger partial charge is 0.457 e. The van der Waals surface area contributed by atoms with Crippen LogP contribution in [0.2, 0.25) is 0 Å². The zero-order chi connectivity index (χ0) is 15.5. The summed E-state index contributed by atoms with van der Waals surface area (Å²) < 4.78 is 28.4. The Bertz CT molecular complexity index is 688. The van der Waals surface area contributed by atoms with Crippen LogP contribution in [-0.4, -0.2) is 19.8 Å². The lowest BCUT2D eigenvalue weighted by Gasteiger charge is -2.10. The number of aliphatic hydroxyl groups is 1. The van der Waals surface area contributed by atoms with Crippen LogP contribution in [-0.2, 0) is 9.84 Å². The second-order valence-electron chi connectivity index (χ2n) is 4.84. The summed E-state index contributed by atoms with van der Waals surface area (Å²) in [6.07, 6.45) is 1.36. The van der Waals surface area contributed by atoms with E-state index in [-0.39, 0.29) is 4.90 Å². The van der Waals surface area contributed by atoms with Gasteiger partial charge in [-0.3, -0.25) is 0 Å². The van der Waals surface area contributed by atoms with E-state index in [2.05, 4.69) is 0 Å². The third kappa shape index (κ3) is 4.06. The molecule has 21 heavy (non-hydrogen) atoms. The average Bonchev–Trinajstić information content (AvgIpc) is 2.47. The Hall–Kier alpha value is -1.85. The number of sulfone groups is 1. The highest BCUT2D eigenvalue weighted by molar-refractivity contribution is 7.90. The number of ether oxygens (including phenoxy) is 1. The Morgan fingerprint density at radius 2 is 1.48 bits per heavy atom. The molecule has 1 atom stereocenters. The fraction of sp³-hybridized carbons (Fsp3) is 0.250. The van der Waals surface area contributed by atoms with Crippen molar-refractivity contribution in [3.63, 3.8) is 0 Å². The summed E-state index contributed by atoms with van der Waals surface area (Å²) in [5.41, 5.74) is 0.845. The topological polar surface area (TPSA) is 63.6 Å². The molecule has 0 bridgehead atoms. The molecule has 0 fully saturated rings. The van der Waals surface area contributed by atoms with E-state index >= 15 is 0 Å². The minimum atomic E-state index is -3.19. The van der Waals surface area contributed by atoms with Gasteiger partial charge in [0.1, 0.15) is 11.5 Å². The second-order valence-corrected chi connectivity index (χ2v) is 6.85. The maximum absolute atomic E-state index is 11.4. The zero-order valence-electron chi connectivity index (χ0n) is 12.0. The van der Waals surface area contributed by atoms with Gasteiger partial charge in [0.25, 0.3) is 0 Å². The Morgan fingerprint density at radius 1 is 1.00 bits per heavy atom. The molecule has 1 N–H and O–H groups in total. The Kier molecular flexibility index (Phi) is 4.65. The van der Waals surface area contributed by atoms with E-state index in [9.17, 15) is 13.5 Å². The van der Waals surface area contributed by atoms with Gasteiger partial charge >= 0.3 is 0 Å². The molecule has 2 aromatic rings. The molecule has 0 saturated heterocycles. The van der Waals surface area contributed by atoms with Crippen molar-refractivity contribution in [1.82, 2.24) is 0 Å². The van der Waals surface area contributed by atoms with Crippen LogP contribution in [0.4, 0.5) is 0 Å². The number of hydrogen-bond acceptors (Lipinski definition) is 4.